The number of phosphoric ester groups is 2. The normalized spacial score (nSPS) is 14.0. The fourth-order valence-electron chi connectivity index (χ4n) is 11.5. The van der Waals surface area contributed by atoms with Crippen LogP contribution in [0, 0.1) is 11.8 Å². The average molecular weight is 1380 g/mol. The van der Waals surface area contributed by atoms with Gasteiger partial charge in [0, 0.05) is 25.7 Å². The molecule has 558 valence electrons. The summed E-state index contributed by atoms with van der Waals surface area (Å²) in [4.78, 5) is 72.7. The van der Waals surface area contributed by atoms with Crippen LogP contribution in [0.25, 0.3) is 0 Å². The van der Waals surface area contributed by atoms with E-state index in [4.69, 9.17) is 37.0 Å². The fraction of sp³-hybridized carbons (Fsp3) is 0.947. The second-order valence-corrected chi connectivity index (χ2v) is 30.9. The molecule has 0 aliphatic rings. The van der Waals surface area contributed by atoms with Crippen molar-refractivity contribution in [3.63, 3.8) is 0 Å². The molecular weight excluding hydrogens is 1230 g/mol. The van der Waals surface area contributed by atoms with Gasteiger partial charge < -0.3 is 33.8 Å². The minimum atomic E-state index is -4.96. The highest BCUT2D eigenvalue weighted by Crippen LogP contribution is 2.45. The summed E-state index contributed by atoms with van der Waals surface area (Å²) in [6, 6.07) is 0. The summed E-state index contributed by atoms with van der Waals surface area (Å²) in [7, 11) is -9.91. The van der Waals surface area contributed by atoms with Crippen molar-refractivity contribution in [2.75, 3.05) is 39.6 Å². The van der Waals surface area contributed by atoms with Gasteiger partial charge in [-0.25, -0.2) is 9.13 Å². The molecular formula is C75H146O17P2. The molecule has 0 radical (unpaired) electrons. The molecule has 2 unspecified atom stereocenters. The van der Waals surface area contributed by atoms with Crippen molar-refractivity contribution in [3.05, 3.63) is 0 Å². The van der Waals surface area contributed by atoms with Crippen LogP contribution >= 0.6 is 15.6 Å². The molecule has 19 heteroatoms. The van der Waals surface area contributed by atoms with Crippen molar-refractivity contribution in [2.45, 2.75) is 407 Å². The lowest BCUT2D eigenvalue weighted by Gasteiger charge is -2.21. The number of hydrogen-bond acceptors (Lipinski definition) is 15. The maximum absolute atomic E-state index is 13.1. The number of unbranched alkanes of at least 4 members (excludes halogenated alkanes) is 44. The van der Waals surface area contributed by atoms with E-state index in [0.717, 1.165) is 102 Å². The van der Waals surface area contributed by atoms with Crippen LogP contribution in [0.4, 0.5) is 0 Å². The van der Waals surface area contributed by atoms with E-state index < -0.39 is 97.5 Å². The first kappa shape index (κ1) is 92.1. The van der Waals surface area contributed by atoms with E-state index in [2.05, 4.69) is 41.5 Å². The van der Waals surface area contributed by atoms with Gasteiger partial charge in [0.25, 0.3) is 0 Å². The zero-order valence-electron chi connectivity index (χ0n) is 61.3. The number of rotatable bonds is 74. The standard InChI is InChI=1S/C75H146O17P2/c1-7-9-11-13-15-17-19-21-23-24-25-26-28-30-35-39-47-53-59-74(79)91-70(63-85-72(77)57-51-45-38-34-29-27-22-20-18-16-14-12-10-8-2)65-89-93(81,82)87-61-69(76)62-88-94(83,84)90-66-71(64-86-73(78)58-52-46-42-41-44-50-56-68(5)6)92-75(80)60-54-48-40-36-32-31-33-37-43-49-55-67(3)4/h67-71,76H,7-66H2,1-6H3,(H,81,82)(H,83,84)/t69-,70-,71-/m1/s1. The SMILES string of the molecule is CCCCCCCCCCCCCCCCCCCCC(=O)O[C@H](COC(=O)CCCCCCCCCCCCCCCC)COP(=O)(O)OC[C@@H](O)COP(=O)(O)OC[C@@H](COC(=O)CCCCCCCCC(C)C)OC(=O)CCCCCCCCCCCCC(C)C. The Balaban J connectivity index is 5.23. The van der Waals surface area contributed by atoms with Crippen molar-refractivity contribution >= 4 is 39.5 Å². The van der Waals surface area contributed by atoms with Crippen LogP contribution in [0.1, 0.15) is 388 Å². The molecule has 94 heavy (non-hydrogen) atoms. The fourth-order valence-corrected chi connectivity index (χ4v) is 13.1. The predicted molar refractivity (Wildman–Crippen MR) is 381 cm³/mol. The van der Waals surface area contributed by atoms with Crippen molar-refractivity contribution < 1.29 is 80.2 Å². The predicted octanol–water partition coefficient (Wildman–Crippen LogP) is 21.9. The Kier molecular flexibility index (Phi) is 65.5. The minimum Gasteiger partial charge on any atom is -0.462 e. The molecule has 0 amide bonds. The van der Waals surface area contributed by atoms with Crippen LogP contribution in [0.5, 0.6) is 0 Å². The Bertz CT molecular complexity index is 1820. The molecule has 0 aromatic rings. The molecule has 0 aliphatic heterocycles. The smallest absolute Gasteiger partial charge is 0.462 e. The number of esters is 4. The van der Waals surface area contributed by atoms with Gasteiger partial charge in [-0.2, -0.15) is 0 Å². The van der Waals surface area contributed by atoms with Gasteiger partial charge in [0.2, 0.25) is 0 Å². The van der Waals surface area contributed by atoms with Crippen LogP contribution in [-0.4, -0.2) is 96.7 Å². The molecule has 0 heterocycles. The molecule has 0 aliphatic carbocycles. The van der Waals surface area contributed by atoms with E-state index in [1.807, 2.05) is 0 Å². The van der Waals surface area contributed by atoms with Crippen LogP contribution < -0.4 is 0 Å². The Morgan fingerprint density at radius 2 is 0.489 bits per heavy atom. The third-order valence-corrected chi connectivity index (χ3v) is 19.4. The number of ether oxygens (including phenoxy) is 4. The van der Waals surface area contributed by atoms with Crippen molar-refractivity contribution in [2.24, 2.45) is 11.8 Å². The van der Waals surface area contributed by atoms with E-state index in [0.29, 0.717) is 31.6 Å². The summed E-state index contributed by atoms with van der Waals surface area (Å²) < 4.78 is 68.5. The van der Waals surface area contributed by atoms with Gasteiger partial charge in [-0.1, -0.05) is 337 Å². The Morgan fingerprint density at radius 3 is 0.723 bits per heavy atom. The molecule has 0 saturated heterocycles. The highest BCUT2D eigenvalue weighted by Gasteiger charge is 2.30. The lowest BCUT2D eigenvalue weighted by atomic mass is 10.0. The number of aliphatic hydroxyl groups is 1. The molecule has 5 atom stereocenters. The minimum absolute atomic E-state index is 0.105. The van der Waals surface area contributed by atoms with Gasteiger partial charge in [-0.15, -0.1) is 0 Å². The average Bonchev–Trinajstić information content (AvgIpc) is 2.77. The number of carbonyl (C=O) groups excluding carboxylic acids is 4. The van der Waals surface area contributed by atoms with E-state index in [9.17, 15) is 43.2 Å². The number of carbonyl (C=O) groups is 4. The summed E-state index contributed by atoms with van der Waals surface area (Å²) >= 11 is 0. The summed E-state index contributed by atoms with van der Waals surface area (Å²) in [6.45, 7) is 9.50. The molecule has 0 aromatic heterocycles. The van der Waals surface area contributed by atoms with Crippen molar-refractivity contribution in [1.29, 1.82) is 0 Å². The monoisotopic (exact) mass is 1380 g/mol. The maximum Gasteiger partial charge on any atom is 0.472 e. The number of hydrogen-bond donors (Lipinski definition) is 3. The highest BCUT2D eigenvalue weighted by atomic mass is 31.2. The third kappa shape index (κ3) is 68.6. The molecule has 0 rings (SSSR count). The molecule has 3 N–H and O–H groups in total. The van der Waals surface area contributed by atoms with Gasteiger partial charge in [0.05, 0.1) is 26.4 Å². The topological polar surface area (TPSA) is 237 Å². The molecule has 0 saturated carbocycles. The maximum atomic E-state index is 13.1. The molecule has 0 bridgehead atoms. The summed E-state index contributed by atoms with van der Waals surface area (Å²) in [5.74, 6) is -0.687. The van der Waals surface area contributed by atoms with Crippen LogP contribution in [0.2, 0.25) is 0 Å². The van der Waals surface area contributed by atoms with Gasteiger partial charge in [0.1, 0.15) is 19.3 Å². The summed E-state index contributed by atoms with van der Waals surface area (Å²) in [5.41, 5.74) is 0. The summed E-state index contributed by atoms with van der Waals surface area (Å²) in [5, 5.41) is 10.6. The lowest BCUT2D eigenvalue weighted by molar-refractivity contribution is -0.161. The largest absolute Gasteiger partial charge is 0.472 e. The first-order valence-electron chi connectivity index (χ1n) is 39.0. The van der Waals surface area contributed by atoms with E-state index >= 15 is 0 Å². The van der Waals surface area contributed by atoms with Crippen molar-refractivity contribution in [1.82, 2.24) is 0 Å². The second-order valence-electron chi connectivity index (χ2n) is 28.0. The highest BCUT2D eigenvalue weighted by molar-refractivity contribution is 7.47. The van der Waals surface area contributed by atoms with Crippen molar-refractivity contribution in [3.8, 4) is 0 Å². The quantitative estimate of drug-likeness (QED) is 0.0222. The molecule has 17 nitrogen and oxygen atoms in total. The van der Waals surface area contributed by atoms with Crippen LogP contribution in [0.15, 0.2) is 0 Å². The molecule has 0 aromatic carbocycles. The first-order valence-corrected chi connectivity index (χ1v) is 42.0. The van der Waals surface area contributed by atoms with E-state index in [-0.39, 0.29) is 25.7 Å². The Labute approximate surface area is 575 Å². The number of phosphoric acid groups is 2. The van der Waals surface area contributed by atoms with Crippen LogP contribution in [0.3, 0.4) is 0 Å². The number of aliphatic hydroxyl groups excluding tert-OH is 1. The van der Waals surface area contributed by atoms with E-state index in [1.165, 1.54) is 199 Å². The first-order chi connectivity index (χ1) is 45.4. The van der Waals surface area contributed by atoms with E-state index in [1.54, 1.807) is 0 Å². The van der Waals surface area contributed by atoms with Gasteiger partial charge in [0.15, 0.2) is 12.2 Å². The molecule has 0 fully saturated rings. The Hall–Kier alpha value is -1.94. The van der Waals surface area contributed by atoms with Crippen LogP contribution in [-0.2, 0) is 65.4 Å². The lowest BCUT2D eigenvalue weighted by Crippen LogP contribution is -2.30. The second kappa shape index (κ2) is 66.9. The zero-order chi connectivity index (χ0) is 69.3. The zero-order valence-corrected chi connectivity index (χ0v) is 63.1. The Morgan fingerprint density at radius 1 is 0.287 bits per heavy atom. The van der Waals surface area contributed by atoms with Gasteiger partial charge >= 0.3 is 39.5 Å². The summed E-state index contributed by atoms with van der Waals surface area (Å²) in [6.07, 6.45) is 54.2. The third-order valence-electron chi connectivity index (χ3n) is 17.5. The van der Waals surface area contributed by atoms with Gasteiger partial charge in [-0.05, 0) is 37.5 Å². The van der Waals surface area contributed by atoms with Gasteiger partial charge in [-0.3, -0.25) is 37.3 Å². The molecule has 0 spiro atoms.